The predicted octanol–water partition coefficient (Wildman–Crippen LogP) is 2.29. The summed E-state index contributed by atoms with van der Waals surface area (Å²) in [6.45, 7) is 7.40. The molecule has 2 rings (SSSR count). The van der Waals surface area contributed by atoms with Crippen LogP contribution < -0.4 is 5.73 Å². The molecule has 0 saturated carbocycles. The van der Waals surface area contributed by atoms with Gasteiger partial charge in [-0.05, 0) is 77.3 Å². The summed E-state index contributed by atoms with van der Waals surface area (Å²) in [6.07, 6.45) is 8.36. The molecule has 0 aliphatic carbocycles. The van der Waals surface area contributed by atoms with E-state index >= 15 is 0 Å². The Balaban J connectivity index is 0.00000200. The number of primary amides is 1. The lowest BCUT2D eigenvalue weighted by Crippen LogP contribution is -2.37. The van der Waals surface area contributed by atoms with Crippen LogP contribution in [0.25, 0.3) is 0 Å². The highest BCUT2D eigenvalue weighted by Gasteiger charge is 2.20. The van der Waals surface area contributed by atoms with Crippen molar-refractivity contribution < 1.29 is 4.79 Å². The van der Waals surface area contributed by atoms with Gasteiger partial charge in [0.1, 0.15) is 0 Å². The van der Waals surface area contributed by atoms with Crippen LogP contribution >= 0.6 is 24.8 Å². The molecule has 0 aromatic heterocycles. The van der Waals surface area contributed by atoms with Crippen LogP contribution in [-0.2, 0) is 4.79 Å². The molecule has 6 heteroatoms. The highest BCUT2D eigenvalue weighted by atomic mass is 35.5. The smallest absolute Gasteiger partial charge is 0.217 e. The minimum atomic E-state index is -0.136. The molecule has 2 aliphatic heterocycles. The fraction of sp³-hybridized carbons (Fsp3) is 0.933. The maximum absolute atomic E-state index is 10.9. The van der Waals surface area contributed by atoms with Crippen molar-refractivity contribution >= 4 is 30.7 Å². The molecular weight excluding hydrogens is 309 g/mol. The van der Waals surface area contributed by atoms with Crippen LogP contribution in [0.5, 0.6) is 0 Å². The third kappa shape index (κ3) is 8.24. The monoisotopic (exact) mass is 339 g/mol. The Kier molecular flexibility index (Phi) is 11.5. The Bertz CT molecular complexity index is 278. The van der Waals surface area contributed by atoms with E-state index in [4.69, 9.17) is 5.73 Å². The van der Waals surface area contributed by atoms with Crippen LogP contribution in [-0.4, -0.2) is 55.0 Å². The minimum Gasteiger partial charge on any atom is -0.370 e. The molecule has 0 atom stereocenters. The number of piperidine rings is 2. The third-order valence-corrected chi connectivity index (χ3v) is 4.59. The average molecular weight is 340 g/mol. The lowest BCUT2D eigenvalue weighted by Gasteiger charge is -2.32. The molecule has 21 heavy (non-hydrogen) atoms. The Morgan fingerprint density at radius 3 is 1.95 bits per heavy atom. The molecule has 4 nitrogen and oxygen atoms in total. The average Bonchev–Trinajstić information content (AvgIpc) is 2.41. The van der Waals surface area contributed by atoms with Crippen molar-refractivity contribution in [1.29, 1.82) is 0 Å². The van der Waals surface area contributed by atoms with Crippen molar-refractivity contribution in [2.75, 3.05) is 39.3 Å². The summed E-state index contributed by atoms with van der Waals surface area (Å²) in [6, 6.07) is 0. The summed E-state index contributed by atoms with van der Waals surface area (Å²) in [5.74, 6) is 0.402. The second kappa shape index (κ2) is 11.5. The van der Waals surface area contributed by atoms with Gasteiger partial charge in [0, 0.05) is 6.42 Å². The van der Waals surface area contributed by atoms with Gasteiger partial charge >= 0.3 is 0 Å². The third-order valence-electron chi connectivity index (χ3n) is 4.59. The molecule has 0 radical (unpaired) electrons. The Labute approximate surface area is 141 Å². The molecule has 0 unspecified atom stereocenters. The summed E-state index contributed by atoms with van der Waals surface area (Å²) >= 11 is 0. The molecule has 2 N–H and O–H groups in total. The van der Waals surface area contributed by atoms with Crippen molar-refractivity contribution in [3.05, 3.63) is 0 Å². The van der Waals surface area contributed by atoms with Crippen molar-refractivity contribution in [2.45, 2.75) is 44.9 Å². The Morgan fingerprint density at radius 1 is 0.905 bits per heavy atom. The highest BCUT2D eigenvalue weighted by Crippen LogP contribution is 2.20. The van der Waals surface area contributed by atoms with E-state index in [-0.39, 0.29) is 30.7 Å². The largest absolute Gasteiger partial charge is 0.370 e. The van der Waals surface area contributed by atoms with Gasteiger partial charge in [0.15, 0.2) is 0 Å². The SMILES string of the molecule is Cl.Cl.NC(=O)CC1CCN(CCCN2CCCCC2)CC1. The number of hydrogen-bond donors (Lipinski definition) is 1. The van der Waals surface area contributed by atoms with E-state index in [9.17, 15) is 4.79 Å². The molecule has 0 spiro atoms. The van der Waals surface area contributed by atoms with E-state index in [0.29, 0.717) is 12.3 Å². The van der Waals surface area contributed by atoms with Crippen LogP contribution in [0.15, 0.2) is 0 Å². The van der Waals surface area contributed by atoms with Crippen molar-refractivity contribution in [3.63, 3.8) is 0 Å². The van der Waals surface area contributed by atoms with Gasteiger partial charge in [-0.3, -0.25) is 4.79 Å². The van der Waals surface area contributed by atoms with Crippen LogP contribution in [0, 0.1) is 5.92 Å². The number of hydrogen-bond acceptors (Lipinski definition) is 3. The fourth-order valence-corrected chi connectivity index (χ4v) is 3.40. The van der Waals surface area contributed by atoms with Gasteiger partial charge in [-0.15, -0.1) is 24.8 Å². The number of nitrogens with two attached hydrogens (primary N) is 1. The van der Waals surface area contributed by atoms with E-state index < -0.39 is 0 Å². The summed E-state index contributed by atoms with van der Waals surface area (Å²) in [7, 11) is 0. The van der Waals surface area contributed by atoms with Gasteiger partial charge in [-0.25, -0.2) is 0 Å². The van der Waals surface area contributed by atoms with Gasteiger partial charge in [0.05, 0.1) is 0 Å². The standard InChI is InChI=1S/C15H29N3O.2ClH/c16-15(19)13-14-5-11-18(12-6-14)10-4-9-17-7-2-1-3-8-17;;/h14H,1-13H2,(H2,16,19);2*1H. The maximum atomic E-state index is 10.9. The first-order valence-electron chi connectivity index (χ1n) is 7.97. The number of nitrogens with zero attached hydrogens (tertiary/aromatic N) is 2. The fourth-order valence-electron chi connectivity index (χ4n) is 3.40. The van der Waals surface area contributed by atoms with Crippen molar-refractivity contribution in [2.24, 2.45) is 11.7 Å². The Morgan fingerprint density at radius 2 is 1.43 bits per heavy atom. The highest BCUT2D eigenvalue weighted by molar-refractivity contribution is 5.85. The second-order valence-corrected chi connectivity index (χ2v) is 6.21. The molecular formula is C15H31Cl2N3O. The van der Waals surface area contributed by atoms with Gasteiger partial charge in [0.2, 0.25) is 5.91 Å². The lowest BCUT2D eigenvalue weighted by atomic mass is 9.93. The van der Waals surface area contributed by atoms with Gasteiger partial charge < -0.3 is 15.5 Å². The van der Waals surface area contributed by atoms with Crippen LogP contribution in [0.1, 0.15) is 44.9 Å². The van der Waals surface area contributed by atoms with Gasteiger partial charge in [0.25, 0.3) is 0 Å². The molecule has 2 saturated heterocycles. The normalized spacial score (nSPS) is 21.3. The van der Waals surface area contributed by atoms with E-state index in [1.54, 1.807) is 0 Å². The predicted molar refractivity (Wildman–Crippen MR) is 92.4 cm³/mol. The first kappa shape index (κ1) is 21.0. The lowest BCUT2D eigenvalue weighted by molar-refractivity contribution is -0.119. The molecule has 0 aromatic carbocycles. The first-order chi connectivity index (χ1) is 9.24. The summed E-state index contributed by atoms with van der Waals surface area (Å²) in [5.41, 5.74) is 5.26. The van der Waals surface area contributed by atoms with E-state index in [0.717, 1.165) is 25.9 Å². The molecule has 2 aliphatic rings. The van der Waals surface area contributed by atoms with Gasteiger partial charge in [-0.1, -0.05) is 6.42 Å². The van der Waals surface area contributed by atoms with Crippen molar-refractivity contribution in [1.82, 2.24) is 9.80 Å². The van der Waals surface area contributed by atoms with E-state index in [1.807, 2.05) is 0 Å². The number of carbonyl (C=O) groups is 1. The minimum absolute atomic E-state index is 0. The first-order valence-corrected chi connectivity index (χ1v) is 7.97. The summed E-state index contributed by atoms with van der Waals surface area (Å²) in [4.78, 5) is 16.1. The molecule has 2 fully saturated rings. The van der Waals surface area contributed by atoms with Crippen LogP contribution in [0.2, 0.25) is 0 Å². The topological polar surface area (TPSA) is 49.6 Å². The summed E-state index contributed by atoms with van der Waals surface area (Å²) < 4.78 is 0. The molecule has 0 bridgehead atoms. The molecule has 1 amide bonds. The number of likely N-dealkylation sites (tertiary alicyclic amines) is 2. The molecule has 2 heterocycles. The quantitative estimate of drug-likeness (QED) is 0.807. The summed E-state index contributed by atoms with van der Waals surface area (Å²) in [5, 5.41) is 0. The van der Waals surface area contributed by atoms with Crippen LogP contribution in [0.3, 0.4) is 0 Å². The maximum Gasteiger partial charge on any atom is 0.217 e. The van der Waals surface area contributed by atoms with E-state index in [1.165, 1.54) is 51.9 Å². The number of carbonyl (C=O) groups excluding carboxylic acids is 1. The van der Waals surface area contributed by atoms with E-state index in [2.05, 4.69) is 9.80 Å². The second-order valence-electron chi connectivity index (χ2n) is 6.21. The molecule has 126 valence electrons. The zero-order chi connectivity index (χ0) is 13.5. The number of rotatable bonds is 6. The van der Waals surface area contributed by atoms with Crippen molar-refractivity contribution in [3.8, 4) is 0 Å². The van der Waals surface area contributed by atoms with Gasteiger partial charge in [-0.2, -0.15) is 0 Å². The molecule has 0 aromatic rings. The van der Waals surface area contributed by atoms with Crippen LogP contribution in [0.4, 0.5) is 0 Å². The number of amides is 1. The zero-order valence-corrected chi connectivity index (χ0v) is 14.6. The number of halogens is 2. The Hall–Kier alpha value is -0.0300. The zero-order valence-electron chi connectivity index (χ0n) is 13.0.